The summed E-state index contributed by atoms with van der Waals surface area (Å²) in [6, 6.07) is 1.56. The van der Waals surface area contributed by atoms with E-state index in [4.69, 9.17) is 15.2 Å². The molecule has 1 heterocycles. The maximum Gasteiger partial charge on any atom is 0.349 e. The molecule has 0 aliphatic carbocycles. The fraction of sp³-hybridized carbons (Fsp3) is 0.538. The highest BCUT2D eigenvalue weighted by molar-refractivity contribution is 7.14. The Kier molecular flexibility index (Phi) is 6.47. The molecule has 3 N–H and O–H groups in total. The number of nitrogens with one attached hydrogen (secondary N) is 1. The van der Waals surface area contributed by atoms with Crippen LogP contribution in [0, 0.1) is 6.92 Å². The van der Waals surface area contributed by atoms with Crippen LogP contribution in [0.3, 0.4) is 0 Å². The van der Waals surface area contributed by atoms with Crippen LogP contribution in [0.1, 0.15) is 27.9 Å². The van der Waals surface area contributed by atoms with Crippen molar-refractivity contribution in [3.05, 3.63) is 15.8 Å². The van der Waals surface area contributed by atoms with Crippen LogP contribution in [0.25, 0.3) is 0 Å². The van der Waals surface area contributed by atoms with Crippen molar-refractivity contribution in [2.24, 2.45) is 0 Å². The van der Waals surface area contributed by atoms with Crippen LogP contribution < -0.4 is 11.1 Å². The number of methoxy groups -OCH3 is 1. The standard InChI is InChI=1S/C13H20N2O4S/c1-8(12(16)15-5-4-6-18-3)19-13(17)11-7-10(14)9(2)20-11/h7-8H,4-6,14H2,1-3H3,(H,15,16). The maximum atomic E-state index is 11.8. The third-order valence-corrected chi connectivity index (χ3v) is 3.68. The molecular formula is C13H20N2O4S. The summed E-state index contributed by atoms with van der Waals surface area (Å²) < 4.78 is 9.97. The lowest BCUT2D eigenvalue weighted by molar-refractivity contribution is -0.129. The molecule has 0 spiro atoms. The van der Waals surface area contributed by atoms with E-state index in [0.29, 0.717) is 30.1 Å². The van der Waals surface area contributed by atoms with Crippen molar-refractivity contribution in [2.75, 3.05) is 26.0 Å². The molecule has 1 aromatic heterocycles. The van der Waals surface area contributed by atoms with Gasteiger partial charge in [0.15, 0.2) is 6.10 Å². The van der Waals surface area contributed by atoms with Gasteiger partial charge in [-0.05, 0) is 26.3 Å². The molecule has 0 fully saturated rings. The Labute approximate surface area is 122 Å². The van der Waals surface area contributed by atoms with Gasteiger partial charge in [-0.1, -0.05) is 0 Å². The monoisotopic (exact) mass is 300 g/mol. The number of nitrogens with two attached hydrogens (primary N) is 1. The predicted octanol–water partition coefficient (Wildman–Crippen LogP) is 1.34. The van der Waals surface area contributed by atoms with Gasteiger partial charge < -0.3 is 20.5 Å². The third-order valence-electron chi connectivity index (χ3n) is 2.63. The largest absolute Gasteiger partial charge is 0.448 e. The van der Waals surface area contributed by atoms with E-state index in [2.05, 4.69) is 5.32 Å². The fourth-order valence-corrected chi connectivity index (χ4v) is 2.26. The smallest absolute Gasteiger partial charge is 0.349 e. The summed E-state index contributed by atoms with van der Waals surface area (Å²) in [5.74, 6) is -0.856. The first-order valence-electron chi connectivity index (χ1n) is 6.29. The van der Waals surface area contributed by atoms with Crippen molar-refractivity contribution < 1.29 is 19.1 Å². The van der Waals surface area contributed by atoms with E-state index in [9.17, 15) is 9.59 Å². The first kappa shape index (κ1) is 16.5. The molecule has 112 valence electrons. The zero-order valence-corrected chi connectivity index (χ0v) is 12.7. The second-order valence-corrected chi connectivity index (χ2v) is 5.56. The molecule has 20 heavy (non-hydrogen) atoms. The van der Waals surface area contributed by atoms with Crippen LogP contribution in [0.15, 0.2) is 6.07 Å². The molecule has 0 saturated carbocycles. The molecule has 1 amide bonds. The number of ether oxygens (including phenoxy) is 2. The highest BCUT2D eigenvalue weighted by Gasteiger charge is 2.20. The molecule has 0 aliphatic rings. The molecule has 0 saturated heterocycles. The highest BCUT2D eigenvalue weighted by atomic mass is 32.1. The van der Waals surface area contributed by atoms with Gasteiger partial charge in [0.05, 0.1) is 0 Å². The van der Waals surface area contributed by atoms with Crippen LogP contribution in [0.2, 0.25) is 0 Å². The zero-order chi connectivity index (χ0) is 15.1. The van der Waals surface area contributed by atoms with Gasteiger partial charge in [0.2, 0.25) is 0 Å². The molecule has 1 atom stereocenters. The number of thiophene rings is 1. The summed E-state index contributed by atoms with van der Waals surface area (Å²) in [7, 11) is 1.60. The molecule has 1 unspecified atom stereocenters. The zero-order valence-electron chi connectivity index (χ0n) is 11.9. The van der Waals surface area contributed by atoms with Gasteiger partial charge >= 0.3 is 5.97 Å². The van der Waals surface area contributed by atoms with Crippen LogP contribution in [0.4, 0.5) is 5.69 Å². The lowest BCUT2D eigenvalue weighted by Crippen LogP contribution is -2.36. The van der Waals surface area contributed by atoms with Crippen molar-refractivity contribution in [3.8, 4) is 0 Å². The molecule has 0 bridgehead atoms. The minimum absolute atomic E-state index is 0.323. The number of rotatable bonds is 7. The van der Waals surface area contributed by atoms with E-state index in [1.165, 1.54) is 18.3 Å². The quantitative estimate of drug-likeness (QED) is 0.586. The minimum atomic E-state index is -0.839. The first-order chi connectivity index (χ1) is 9.45. The number of hydrogen-bond acceptors (Lipinski definition) is 6. The van der Waals surface area contributed by atoms with E-state index >= 15 is 0 Å². The van der Waals surface area contributed by atoms with Crippen molar-refractivity contribution in [1.82, 2.24) is 5.32 Å². The van der Waals surface area contributed by atoms with E-state index in [1.807, 2.05) is 6.92 Å². The minimum Gasteiger partial charge on any atom is -0.448 e. The summed E-state index contributed by atoms with van der Waals surface area (Å²) in [5, 5.41) is 2.67. The summed E-state index contributed by atoms with van der Waals surface area (Å²) in [6.45, 7) is 4.41. The Morgan fingerprint density at radius 1 is 1.50 bits per heavy atom. The number of anilines is 1. The summed E-state index contributed by atoms with van der Waals surface area (Å²) in [5.41, 5.74) is 6.23. The Bertz CT molecular complexity index is 453. The van der Waals surface area contributed by atoms with E-state index < -0.39 is 12.1 Å². The van der Waals surface area contributed by atoms with E-state index in [-0.39, 0.29) is 5.91 Å². The van der Waals surface area contributed by atoms with Gasteiger partial charge in [-0.3, -0.25) is 4.79 Å². The SMILES string of the molecule is COCCCNC(=O)C(C)OC(=O)c1cc(N)c(C)s1. The summed E-state index contributed by atoms with van der Waals surface area (Å²) >= 11 is 1.25. The Morgan fingerprint density at radius 2 is 2.20 bits per heavy atom. The predicted molar refractivity (Wildman–Crippen MR) is 77.8 cm³/mol. The van der Waals surface area contributed by atoms with Gasteiger partial charge in [0, 0.05) is 30.8 Å². The fourth-order valence-electron chi connectivity index (χ4n) is 1.44. The van der Waals surface area contributed by atoms with Gasteiger partial charge in [-0.2, -0.15) is 0 Å². The average Bonchev–Trinajstić information content (AvgIpc) is 2.74. The highest BCUT2D eigenvalue weighted by Crippen LogP contribution is 2.24. The summed E-state index contributed by atoms with van der Waals surface area (Å²) in [6.07, 6.45) is -0.127. The molecule has 0 aliphatic heterocycles. The van der Waals surface area contributed by atoms with E-state index in [0.717, 1.165) is 4.88 Å². The summed E-state index contributed by atoms with van der Waals surface area (Å²) in [4.78, 5) is 24.8. The number of carbonyl (C=O) groups is 2. The Morgan fingerprint density at radius 3 is 2.75 bits per heavy atom. The molecule has 7 heteroatoms. The number of aryl methyl sites for hydroxylation is 1. The lowest BCUT2D eigenvalue weighted by Gasteiger charge is -2.12. The van der Waals surface area contributed by atoms with Crippen molar-refractivity contribution >= 4 is 28.9 Å². The molecule has 6 nitrogen and oxygen atoms in total. The second kappa shape index (κ2) is 7.86. The van der Waals surface area contributed by atoms with Crippen molar-refractivity contribution in [3.63, 3.8) is 0 Å². The van der Waals surface area contributed by atoms with Crippen molar-refractivity contribution in [1.29, 1.82) is 0 Å². The molecule has 0 radical (unpaired) electrons. The number of hydrogen-bond donors (Lipinski definition) is 2. The molecule has 1 rings (SSSR count). The van der Waals surface area contributed by atoms with Gasteiger partial charge in [0.25, 0.3) is 5.91 Å². The van der Waals surface area contributed by atoms with Gasteiger partial charge in [-0.25, -0.2) is 4.79 Å². The van der Waals surface area contributed by atoms with Gasteiger partial charge in [-0.15, -0.1) is 11.3 Å². The van der Waals surface area contributed by atoms with Crippen LogP contribution in [0.5, 0.6) is 0 Å². The van der Waals surface area contributed by atoms with Gasteiger partial charge in [0.1, 0.15) is 4.88 Å². The average molecular weight is 300 g/mol. The normalized spacial score (nSPS) is 11.9. The van der Waals surface area contributed by atoms with E-state index in [1.54, 1.807) is 13.2 Å². The van der Waals surface area contributed by atoms with Crippen LogP contribution in [-0.2, 0) is 14.3 Å². The number of amides is 1. The first-order valence-corrected chi connectivity index (χ1v) is 7.11. The topological polar surface area (TPSA) is 90.6 Å². The van der Waals surface area contributed by atoms with Crippen LogP contribution in [-0.4, -0.2) is 38.2 Å². The number of esters is 1. The third kappa shape index (κ3) is 4.82. The Hall–Kier alpha value is -1.60. The maximum absolute atomic E-state index is 11.8. The van der Waals surface area contributed by atoms with Crippen LogP contribution >= 0.6 is 11.3 Å². The molecule has 1 aromatic rings. The molecule has 0 aromatic carbocycles. The second-order valence-electron chi connectivity index (χ2n) is 4.31. The van der Waals surface area contributed by atoms with Crippen molar-refractivity contribution in [2.45, 2.75) is 26.4 Å². The lowest BCUT2D eigenvalue weighted by atomic mass is 10.3. The Balaban J connectivity index is 2.42. The number of carbonyl (C=O) groups excluding carboxylic acids is 2. The molecular weight excluding hydrogens is 280 g/mol. The number of nitrogen functional groups attached to an aromatic ring is 1.